The van der Waals surface area contributed by atoms with Gasteiger partial charge in [0.05, 0.1) is 0 Å². The highest BCUT2D eigenvalue weighted by molar-refractivity contribution is 9.10. The first kappa shape index (κ1) is 14.2. The van der Waals surface area contributed by atoms with E-state index in [1.165, 1.54) is 5.56 Å². The number of nitrogens with two attached hydrogens (primary N) is 1. The standard InChI is InChI=1S/C14H19BrN4/c1-9(2)19-14(17-8-18-19)7-13(16)11-6-10(3)4-5-12(11)15/h4-6,8-9,13H,7,16H2,1-3H3. The van der Waals surface area contributed by atoms with Gasteiger partial charge in [-0.2, -0.15) is 5.10 Å². The van der Waals surface area contributed by atoms with Gasteiger partial charge in [0.1, 0.15) is 12.2 Å². The molecule has 1 atom stereocenters. The highest BCUT2D eigenvalue weighted by atomic mass is 79.9. The third-order valence-electron chi connectivity index (χ3n) is 3.09. The molecule has 0 saturated heterocycles. The fraction of sp³-hybridized carbons (Fsp3) is 0.429. The Morgan fingerprint density at radius 2 is 2.11 bits per heavy atom. The second-order valence-electron chi connectivity index (χ2n) is 5.05. The summed E-state index contributed by atoms with van der Waals surface area (Å²) in [6, 6.07) is 6.43. The lowest BCUT2D eigenvalue weighted by molar-refractivity contribution is 0.493. The van der Waals surface area contributed by atoms with Gasteiger partial charge in [-0.05, 0) is 32.4 Å². The average Bonchev–Trinajstić information content (AvgIpc) is 2.80. The van der Waals surface area contributed by atoms with Gasteiger partial charge in [-0.3, -0.25) is 0 Å². The molecule has 2 aromatic rings. The molecule has 0 aliphatic carbocycles. The van der Waals surface area contributed by atoms with Gasteiger partial charge in [0, 0.05) is 23.0 Å². The van der Waals surface area contributed by atoms with E-state index in [2.05, 4.69) is 58.9 Å². The van der Waals surface area contributed by atoms with Crippen molar-refractivity contribution in [2.75, 3.05) is 0 Å². The highest BCUT2D eigenvalue weighted by Gasteiger charge is 2.15. The number of rotatable bonds is 4. The molecule has 1 unspecified atom stereocenters. The summed E-state index contributed by atoms with van der Waals surface area (Å²) in [6.07, 6.45) is 2.27. The molecule has 0 saturated carbocycles. The first-order chi connectivity index (χ1) is 8.99. The zero-order chi connectivity index (χ0) is 14.0. The van der Waals surface area contributed by atoms with Crippen molar-refractivity contribution in [2.45, 2.75) is 39.3 Å². The first-order valence-electron chi connectivity index (χ1n) is 6.39. The summed E-state index contributed by atoms with van der Waals surface area (Å²) in [5, 5.41) is 4.24. The lowest BCUT2D eigenvalue weighted by atomic mass is 10.0. The summed E-state index contributed by atoms with van der Waals surface area (Å²) >= 11 is 3.56. The van der Waals surface area contributed by atoms with E-state index in [4.69, 9.17) is 5.73 Å². The fourth-order valence-electron chi connectivity index (χ4n) is 2.11. The Morgan fingerprint density at radius 3 is 2.79 bits per heavy atom. The number of aromatic nitrogens is 3. The quantitative estimate of drug-likeness (QED) is 0.940. The monoisotopic (exact) mass is 322 g/mol. The minimum atomic E-state index is -0.0871. The molecule has 0 spiro atoms. The minimum absolute atomic E-state index is 0.0871. The Hall–Kier alpha value is -1.20. The largest absolute Gasteiger partial charge is 0.324 e. The predicted octanol–water partition coefficient (Wildman–Crippen LogP) is 3.17. The van der Waals surface area contributed by atoms with Gasteiger partial charge >= 0.3 is 0 Å². The molecule has 1 heterocycles. The van der Waals surface area contributed by atoms with E-state index < -0.39 is 0 Å². The van der Waals surface area contributed by atoms with Crippen molar-refractivity contribution in [1.29, 1.82) is 0 Å². The van der Waals surface area contributed by atoms with Crippen molar-refractivity contribution in [1.82, 2.24) is 14.8 Å². The van der Waals surface area contributed by atoms with Crippen LogP contribution in [0.3, 0.4) is 0 Å². The third kappa shape index (κ3) is 3.22. The SMILES string of the molecule is Cc1ccc(Br)c(C(N)Cc2ncnn2C(C)C)c1. The Balaban J connectivity index is 2.23. The molecule has 1 aromatic carbocycles. The van der Waals surface area contributed by atoms with Gasteiger partial charge in [-0.15, -0.1) is 0 Å². The second kappa shape index (κ2) is 5.84. The van der Waals surface area contributed by atoms with Gasteiger partial charge in [-0.1, -0.05) is 33.6 Å². The third-order valence-corrected chi connectivity index (χ3v) is 3.81. The highest BCUT2D eigenvalue weighted by Crippen LogP contribution is 2.25. The lowest BCUT2D eigenvalue weighted by Gasteiger charge is -2.16. The van der Waals surface area contributed by atoms with E-state index in [0.29, 0.717) is 12.5 Å². The van der Waals surface area contributed by atoms with Crippen LogP contribution in [0.2, 0.25) is 0 Å². The number of hydrogen-bond donors (Lipinski definition) is 1. The summed E-state index contributed by atoms with van der Waals surface area (Å²) in [6.45, 7) is 6.25. The molecule has 4 nitrogen and oxygen atoms in total. The molecule has 5 heteroatoms. The summed E-state index contributed by atoms with van der Waals surface area (Å²) in [4.78, 5) is 4.31. The number of hydrogen-bond acceptors (Lipinski definition) is 3. The van der Waals surface area contributed by atoms with Crippen LogP contribution >= 0.6 is 15.9 Å². The van der Waals surface area contributed by atoms with Crippen LogP contribution in [0.1, 0.15) is 42.9 Å². The number of benzene rings is 1. The molecule has 0 aliphatic heterocycles. The minimum Gasteiger partial charge on any atom is -0.324 e. The van der Waals surface area contributed by atoms with E-state index in [1.807, 2.05) is 10.7 Å². The number of halogens is 1. The molecular formula is C14H19BrN4. The van der Waals surface area contributed by atoms with Gasteiger partial charge in [0.15, 0.2) is 0 Å². The topological polar surface area (TPSA) is 56.7 Å². The maximum atomic E-state index is 6.31. The van der Waals surface area contributed by atoms with Crippen LogP contribution < -0.4 is 5.73 Å². The van der Waals surface area contributed by atoms with Crippen LogP contribution in [-0.2, 0) is 6.42 Å². The molecule has 102 valence electrons. The van der Waals surface area contributed by atoms with E-state index in [-0.39, 0.29) is 6.04 Å². The van der Waals surface area contributed by atoms with E-state index >= 15 is 0 Å². The van der Waals surface area contributed by atoms with Crippen LogP contribution in [0.15, 0.2) is 29.0 Å². The van der Waals surface area contributed by atoms with Crippen LogP contribution in [0, 0.1) is 6.92 Å². The van der Waals surface area contributed by atoms with Crippen molar-refractivity contribution < 1.29 is 0 Å². The Morgan fingerprint density at radius 1 is 1.37 bits per heavy atom. The smallest absolute Gasteiger partial charge is 0.138 e. The summed E-state index contributed by atoms with van der Waals surface area (Å²) < 4.78 is 2.96. The second-order valence-corrected chi connectivity index (χ2v) is 5.90. The molecule has 2 rings (SSSR count). The van der Waals surface area contributed by atoms with E-state index in [9.17, 15) is 0 Å². The van der Waals surface area contributed by atoms with Crippen molar-refractivity contribution in [3.05, 3.63) is 46.0 Å². The van der Waals surface area contributed by atoms with E-state index in [0.717, 1.165) is 15.9 Å². The molecule has 0 bridgehead atoms. The van der Waals surface area contributed by atoms with Gasteiger partial charge in [0.2, 0.25) is 0 Å². The summed E-state index contributed by atoms with van der Waals surface area (Å²) in [5.74, 6) is 0.927. The number of nitrogens with zero attached hydrogens (tertiary/aromatic N) is 3. The normalized spacial score (nSPS) is 12.9. The molecule has 2 N–H and O–H groups in total. The molecule has 0 amide bonds. The van der Waals surface area contributed by atoms with Crippen LogP contribution in [-0.4, -0.2) is 14.8 Å². The van der Waals surface area contributed by atoms with Gasteiger partial charge in [-0.25, -0.2) is 9.67 Å². The molecule has 1 aromatic heterocycles. The maximum Gasteiger partial charge on any atom is 0.138 e. The average molecular weight is 323 g/mol. The zero-order valence-electron chi connectivity index (χ0n) is 11.5. The number of aryl methyl sites for hydroxylation is 1. The van der Waals surface area contributed by atoms with Crippen molar-refractivity contribution in [2.24, 2.45) is 5.73 Å². The lowest BCUT2D eigenvalue weighted by Crippen LogP contribution is -2.18. The Bertz CT molecular complexity index is 562. The Labute approximate surface area is 122 Å². The molecule has 0 aliphatic rings. The van der Waals surface area contributed by atoms with Crippen LogP contribution in [0.25, 0.3) is 0 Å². The molecule has 0 radical (unpaired) electrons. The van der Waals surface area contributed by atoms with Crippen molar-refractivity contribution >= 4 is 15.9 Å². The van der Waals surface area contributed by atoms with Crippen LogP contribution in [0.5, 0.6) is 0 Å². The molecular weight excluding hydrogens is 304 g/mol. The Kier molecular flexibility index (Phi) is 4.37. The molecule has 0 fully saturated rings. The van der Waals surface area contributed by atoms with Gasteiger partial charge in [0.25, 0.3) is 0 Å². The summed E-state index contributed by atoms with van der Waals surface area (Å²) in [7, 11) is 0. The first-order valence-corrected chi connectivity index (χ1v) is 7.18. The summed E-state index contributed by atoms with van der Waals surface area (Å²) in [5.41, 5.74) is 8.63. The predicted molar refractivity (Wildman–Crippen MR) is 79.9 cm³/mol. The van der Waals surface area contributed by atoms with Crippen LogP contribution in [0.4, 0.5) is 0 Å². The van der Waals surface area contributed by atoms with Crippen molar-refractivity contribution in [3.63, 3.8) is 0 Å². The fourth-order valence-corrected chi connectivity index (χ4v) is 2.65. The molecule has 19 heavy (non-hydrogen) atoms. The zero-order valence-corrected chi connectivity index (χ0v) is 13.1. The van der Waals surface area contributed by atoms with Gasteiger partial charge < -0.3 is 5.73 Å². The maximum absolute atomic E-state index is 6.31. The van der Waals surface area contributed by atoms with E-state index in [1.54, 1.807) is 6.33 Å². The van der Waals surface area contributed by atoms with Crippen molar-refractivity contribution in [3.8, 4) is 0 Å².